The number of carboxylic acids is 1. The van der Waals surface area contributed by atoms with Crippen LogP contribution in [0.25, 0.3) is 0 Å². The van der Waals surface area contributed by atoms with Crippen molar-refractivity contribution >= 4 is 16.2 Å². The summed E-state index contributed by atoms with van der Waals surface area (Å²) in [6.45, 7) is 4.19. The minimum absolute atomic E-state index is 0.0180. The van der Waals surface area contributed by atoms with Gasteiger partial charge in [0.25, 0.3) is 10.2 Å². The van der Waals surface area contributed by atoms with E-state index < -0.39 is 21.6 Å². The van der Waals surface area contributed by atoms with Crippen LogP contribution in [0.1, 0.15) is 24.8 Å². The van der Waals surface area contributed by atoms with Crippen LogP contribution in [0.15, 0.2) is 43.0 Å². The molecule has 24 heavy (non-hydrogen) atoms. The molecule has 1 aromatic rings. The van der Waals surface area contributed by atoms with E-state index in [4.69, 9.17) is 0 Å². The van der Waals surface area contributed by atoms with Crippen molar-refractivity contribution in [2.75, 3.05) is 20.1 Å². The molecule has 0 spiro atoms. The average molecular weight is 352 g/mol. The van der Waals surface area contributed by atoms with Gasteiger partial charge in [-0.3, -0.25) is 4.79 Å². The van der Waals surface area contributed by atoms with E-state index in [1.54, 1.807) is 6.08 Å². The second-order valence-electron chi connectivity index (χ2n) is 6.26. The maximum Gasteiger partial charge on any atom is 0.311 e. The Bertz CT molecular complexity index is 690. The van der Waals surface area contributed by atoms with Crippen LogP contribution in [0.5, 0.6) is 0 Å². The monoisotopic (exact) mass is 352 g/mol. The third-order valence-corrected chi connectivity index (χ3v) is 6.38. The summed E-state index contributed by atoms with van der Waals surface area (Å²) in [4.78, 5) is 11.7. The lowest BCUT2D eigenvalue weighted by Crippen LogP contribution is -2.52. The summed E-state index contributed by atoms with van der Waals surface area (Å²) in [5, 5.41) is 9.59. The molecule has 0 aromatic heterocycles. The van der Waals surface area contributed by atoms with E-state index in [0.29, 0.717) is 19.4 Å². The number of hydrogen-bond donors (Lipinski definition) is 1. The van der Waals surface area contributed by atoms with Crippen molar-refractivity contribution in [3.8, 4) is 0 Å². The van der Waals surface area contributed by atoms with Crippen LogP contribution in [0.3, 0.4) is 0 Å². The third-order valence-electron chi connectivity index (χ3n) is 4.50. The molecule has 0 radical (unpaired) electrons. The number of benzene rings is 1. The molecule has 1 heterocycles. The molecule has 1 fully saturated rings. The predicted molar refractivity (Wildman–Crippen MR) is 92.5 cm³/mol. The van der Waals surface area contributed by atoms with E-state index in [9.17, 15) is 18.3 Å². The van der Waals surface area contributed by atoms with Gasteiger partial charge < -0.3 is 5.11 Å². The summed E-state index contributed by atoms with van der Waals surface area (Å²) in [7, 11) is -2.19. The van der Waals surface area contributed by atoms with Crippen LogP contribution in [0.4, 0.5) is 0 Å². The number of carbonyl (C=O) groups is 1. The number of allylic oxidation sites excluding steroid dienone is 1. The van der Waals surface area contributed by atoms with Crippen molar-refractivity contribution in [2.45, 2.75) is 25.8 Å². The minimum atomic E-state index is -3.71. The number of aliphatic carboxylic acids is 1. The molecule has 132 valence electrons. The molecular formula is C17H24N2O4S. The lowest BCUT2D eigenvalue weighted by molar-refractivity contribution is -0.151. The zero-order valence-corrected chi connectivity index (χ0v) is 14.7. The van der Waals surface area contributed by atoms with E-state index >= 15 is 0 Å². The summed E-state index contributed by atoms with van der Waals surface area (Å²) in [6, 6.07) is 9.31. The highest BCUT2D eigenvalue weighted by Crippen LogP contribution is 2.35. The molecule has 7 heteroatoms. The van der Waals surface area contributed by atoms with E-state index in [1.807, 2.05) is 30.3 Å². The largest absolute Gasteiger partial charge is 0.481 e. The summed E-state index contributed by atoms with van der Waals surface area (Å²) in [5.74, 6) is -0.965. The first-order chi connectivity index (χ1) is 11.3. The van der Waals surface area contributed by atoms with Gasteiger partial charge in [-0.25, -0.2) is 0 Å². The van der Waals surface area contributed by atoms with E-state index in [-0.39, 0.29) is 19.5 Å². The highest BCUT2D eigenvalue weighted by atomic mass is 32.2. The van der Waals surface area contributed by atoms with Crippen LogP contribution in [-0.2, 0) is 21.5 Å². The first-order valence-electron chi connectivity index (χ1n) is 7.91. The fourth-order valence-electron chi connectivity index (χ4n) is 3.11. The smallest absolute Gasteiger partial charge is 0.311 e. The predicted octanol–water partition coefficient (Wildman–Crippen LogP) is 2.11. The normalized spacial score (nSPS) is 22.4. The van der Waals surface area contributed by atoms with Gasteiger partial charge in [0, 0.05) is 26.7 Å². The topological polar surface area (TPSA) is 77.9 Å². The van der Waals surface area contributed by atoms with Crippen LogP contribution in [0.2, 0.25) is 0 Å². The quantitative estimate of drug-likeness (QED) is 0.763. The molecule has 2 rings (SSSR count). The van der Waals surface area contributed by atoms with Crippen molar-refractivity contribution in [1.29, 1.82) is 0 Å². The van der Waals surface area contributed by atoms with Crippen molar-refractivity contribution in [1.82, 2.24) is 8.61 Å². The number of hydrogen-bond acceptors (Lipinski definition) is 3. The zero-order valence-electron chi connectivity index (χ0n) is 13.9. The van der Waals surface area contributed by atoms with E-state index in [0.717, 1.165) is 5.56 Å². The molecule has 1 N–H and O–H groups in total. The van der Waals surface area contributed by atoms with Gasteiger partial charge in [-0.15, -0.1) is 6.58 Å². The Morgan fingerprint density at radius 3 is 2.67 bits per heavy atom. The van der Waals surface area contributed by atoms with Gasteiger partial charge in [0.1, 0.15) is 0 Å². The van der Waals surface area contributed by atoms with Gasteiger partial charge >= 0.3 is 5.97 Å². The molecule has 1 saturated heterocycles. The second kappa shape index (κ2) is 7.46. The van der Waals surface area contributed by atoms with Crippen molar-refractivity contribution in [3.63, 3.8) is 0 Å². The van der Waals surface area contributed by atoms with Crippen LogP contribution >= 0.6 is 0 Å². The molecule has 1 aliphatic heterocycles. The molecular weight excluding hydrogens is 328 g/mol. The molecule has 0 aliphatic carbocycles. The second-order valence-corrected chi connectivity index (χ2v) is 8.30. The Morgan fingerprint density at radius 2 is 2.08 bits per heavy atom. The number of piperidine rings is 1. The van der Waals surface area contributed by atoms with Gasteiger partial charge in [-0.1, -0.05) is 36.4 Å². The highest BCUT2D eigenvalue weighted by Gasteiger charge is 2.45. The van der Waals surface area contributed by atoms with Crippen molar-refractivity contribution in [3.05, 3.63) is 48.6 Å². The molecule has 1 aliphatic rings. The molecule has 1 aromatic carbocycles. The van der Waals surface area contributed by atoms with Crippen LogP contribution in [0, 0.1) is 5.41 Å². The summed E-state index contributed by atoms with van der Waals surface area (Å²) < 4.78 is 28.2. The Morgan fingerprint density at radius 1 is 1.42 bits per heavy atom. The van der Waals surface area contributed by atoms with Crippen molar-refractivity contribution in [2.24, 2.45) is 5.41 Å². The third kappa shape index (κ3) is 3.85. The van der Waals surface area contributed by atoms with Crippen molar-refractivity contribution < 1.29 is 18.3 Å². The Labute approximate surface area is 143 Å². The summed E-state index contributed by atoms with van der Waals surface area (Å²) >= 11 is 0. The first kappa shape index (κ1) is 18.6. The molecule has 0 amide bonds. The summed E-state index contributed by atoms with van der Waals surface area (Å²) in [6.07, 6.45) is 2.80. The lowest BCUT2D eigenvalue weighted by Gasteiger charge is -2.40. The number of nitrogens with zero attached hydrogens (tertiary/aromatic N) is 2. The standard InChI is InChI=1S/C17H24N2O4S/c1-3-10-17(16(20)21)11-7-12-19(14-17)24(22,23)18(2)13-15-8-5-4-6-9-15/h3-6,8-9H,1,7,10-14H2,2H3,(H,20,21)/t17-/m0/s1. The fourth-order valence-corrected chi connectivity index (χ4v) is 4.59. The van der Waals surface area contributed by atoms with Crippen LogP contribution < -0.4 is 0 Å². The maximum absolute atomic E-state index is 12.8. The molecule has 0 bridgehead atoms. The van der Waals surface area contributed by atoms with Gasteiger partial charge in [0.05, 0.1) is 5.41 Å². The first-order valence-corrected chi connectivity index (χ1v) is 9.31. The molecule has 0 saturated carbocycles. The summed E-state index contributed by atoms with van der Waals surface area (Å²) in [5.41, 5.74) is -0.197. The number of rotatable bonds is 7. The Balaban J connectivity index is 2.18. The number of carboxylic acid groups (broad SMARTS) is 1. The molecule has 6 nitrogen and oxygen atoms in total. The minimum Gasteiger partial charge on any atom is -0.481 e. The van der Waals surface area contributed by atoms with Crippen LogP contribution in [-0.4, -0.2) is 48.2 Å². The SMILES string of the molecule is C=CC[C@]1(C(=O)O)CCCN(S(=O)(=O)N(C)Cc2ccccc2)C1. The van der Waals surface area contributed by atoms with E-state index in [1.165, 1.54) is 15.7 Å². The molecule has 0 unspecified atom stereocenters. The maximum atomic E-state index is 12.8. The zero-order chi connectivity index (χ0) is 17.8. The molecule has 1 atom stereocenters. The Kier molecular flexibility index (Phi) is 5.79. The van der Waals surface area contributed by atoms with E-state index in [2.05, 4.69) is 6.58 Å². The van der Waals surface area contributed by atoms with Gasteiger partial charge in [0.2, 0.25) is 0 Å². The fraction of sp³-hybridized carbons (Fsp3) is 0.471. The van der Waals surface area contributed by atoms with Gasteiger partial charge in [-0.2, -0.15) is 17.0 Å². The lowest BCUT2D eigenvalue weighted by atomic mass is 9.78. The Hall–Kier alpha value is -1.70. The van der Waals surface area contributed by atoms with Gasteiger partial charge in [0.15, 0.2) is 0 Å². The highest BCUT2D eigenvalue weighted by molar-refractivity contribution is 7.86. The van der Waals surface area contributed by atoms with Gasteiger partial charge in [-0.05, 0) is 24.8 Å². The average Bonchev–Trinajstić information content (AvgIpc) is 2.56.